The minimum Gasteiger partial charge on any atom is -0.463 e. The van der Waals surface area contributed by atoms with Crippen molar-refractivity contribution in [1.82, 2.24) is 14.8 Å². The van der Waals surface area contributed by atoms with Gasteiger partial charge in [0, 0.05) is 11.3 Å². The van der Waals surface area contributed by atoms with Crippen LogP contribution in [0.1, 0.15) is 16.3 Å². The fourth-order valence-electron chi connectivity index (χ4n) is 2.79. The average molecular weight is 426 g/mol. The first-order valence-corrected chi connectivity index (χ1v) is 10.1. The Morgan fingerprint density at radius 3 is 2.59 bits per heavy atom. The van der Waals surface area contributed by atoms with Crippen LogP contribution in [-0.4, -0.2) is 27.8 Å². The van der Waals surface area contributed by atoms with Gasteiger partial charge >= 0.3 is 5.97 Å². The topological polar surface area (TPSA) is 70.2 Å². The number of hydrogen-bond acceptors (Lipinski definition) is 6. The van der Waals surface area contributed by atoms with E-state index in [4.69, 9.17) is 16.0 Å². The highest BCUT2D eigenvalue weighted by Crippen LogP contribution is 2.33. The van der Waals surface area contributed by atoms with Crippen molar-refractivity contribution in [3.63, 3.8) is 0 Å². The molecule has 0 atom stereocenters. The first-order valence-electron chi connectivity index (χ1n) is 8.73. The molecule has 0 radical (unpaired) electrons. The Bertz CT molecular complexity index is 1140. The number of benzene rings is 2. The van der Waals surface area contributed by atoms with E-state index in [2.05, 4.69) is 14.9 Å². The lowest BCUT2D eigenvalue weighted by molar-refractivity contribution is 0.0563. The zero-order valence-corrected chi connectivity index (χ0v) is 17.0. The minimum atomic E-state index is -0.505. The lowest BCUT2D eigenvalue weighted by Crippen LogP contribution is -2.00. The summed E-state index contributed by atoms with van der Waals surface area (Å²) in [6.45, 7) is 0. The van der Waals surface area contributed by atoms with Gasteiger partial charge in [0.25, 0.3) is 0 Å². The van der Waals surface area contributed by atoms with Gasteiger partial charge in [-0.3, -0.25) is 4.57 Å². The number of para-hydroxylation sites is 1. The lowest BCUT2D eigenvalue weighted by Gasteiger charge is -2.10. The van der Waals surface area contributed by atoms with Crippen molar-refractivity contribution in [2.24, 2.45) is 0 Å². The van der Waals surface area contributed by atoms with Crippen LogP contribution < -0.4 is 0 Å². The zero-order valence-electron chi connectivity index (χ0n) is 15.4. The van der Waals surface area contributed by atoms with Gasteiger partial charge in [0.2, 0.25) is 5.76 Å². The normalized spacial score (nSPS) is 10.8. The Balaban J connectivity index is 1.68. The van der Waals surface area contributed by atoms with Gasteiger partial charge in [0.1, 0.15) is 5.76 Å². The molecule has 2 aromatic heterocycles. The van der Waals surface area contributed by atoms with Gasteiger partial charge in [-0.05, 0) is 36.4 Å². The summed E-state index contributed by atoms with van der Waals surface area (Å²) in [6, 6.07) is 20.7. The van der Waals surface area contributed by atoms with Crippen LogP contribution in [0.3, 0.4) is 0 Å². The molecule has 0 saturated carbocycles. The van der Waals surface area contributed by atoms with Crippen molar-refractivity contribution < 1.29 is 13.9 Å². The summed E-state index contributed by atoms with van der Waals surface area (Å²) < 4.78 is 12.2. The number of nitrogens with zero attached hydrogens (tertiary/aromatic N) is 3. The Morgan fingerprint density at radius 2 is 1.83 bits per heavy atom. The monoisotopic (exact) mass is 425 g/mol. The summed E-state index contributed by atoms with van der Waals surface area (Å²) in [7, 11) is 1.32. The lowest BCUT2D eigenvalue weighted by atomic mass is 10.2. The summed E-state index contributed by atoms with van der Waals surface area (Å²) in [4.78, 5) is 11.6. The molecule has 0 spiro atoms. The number of carbonyl (C=O) groups is 1. The Labute approximate surface area is 176 Å². The van der Waals surface area contributed by atoms with Crippen LogP contribution in [0, 0.1) is 0 Å². The fraction of sp³-hybridized carbons (Fsp3) is 0.0952. The van der Waals surface area contributed by atoms with Gasteiger partial charge < -0.3 is 9.15 Å². The van der Waals surface area contributed by atoms with E-state index in [1.165, 1.54) is 18.9 Å². The van der Waals surface area contributed by atoms with Gasteiger partial charge in [-0.2, -0.15) is 0 Å². The quantitative estimate of drug-likeness (QED) is 0.310. The first kappa shape index (κ1) is 19.3. The highest BCUT2D eigenvalue weighted by molar-refractivity contribution is 7.98. The third-order valence-corrected chi connectivity index (χ3v) is 5.44. The number of ether oxygens (including phenoxy) is 1. The van der Waals surface area contributed by atoms with Gasteiger partial charge in [-0.25, -0.2) is 4.79 Å². The summed E-state index contributed by atoms with van der Waals surface area (Å²) in [5.41, 5.74) is 1.72. The van der Waals surface area contributed by atoms with Crippen molar-refractivity contribution in [3.05, 3.63) is 83.3 Å². The molecule has 4 aromatic rings. The van der Waals surface area contributed by atoms with Crippen LogP contribution in [-0.2, 0) is 10.5 Å². The standard InChI is InChI=1S/C21H16ClN3O3S/c1-27-20(26)18-12-11-15(28-18)13-29-21-24-23-19(16-9-5-6-10-17(16)22)25(21)14-7-3-2-4-8-14/h2-12H,13H2,1H3. The van der Waals surface area contributed by atoms with Crippen molar-refractivity contribution >= 4 is 29.3 Å². The summed E-state index contributed by atoms with van der Waals surface area (Å²) >= 11 is 7.85. The highest BCUT2D eigenvalue weighted by Gasteiger charge is 2.19. The highest BCUT2D eigenvalue weighted by atomic mass is 35.5. The number of rotatable bonds is 6. The molecule has 0 amide bonds. The van der Waals surface area contributed by atoms with Crippen molar-refractivity contribution in [2.75, 3.05) is 7.11 Å². The number of thioether (sulfide) groups is 1. The third kappa shape index (κ3) is 4.06. The molecule has 0 unspecified atom stereocenters. The van der Waals surface area contributed by atoms with Crippen molar-refractivity contribution in [1.29, 1.82) is 0 Å². The number of halogens is 1. The second-order valence-electron chi connectivity index (χ2n) is 6.00. The molecular formula is C21H16ClN3O3S. The number of aromatic nitrogens is 3. The molecule has 0 aliphatic rings. The molecule has 0 bridgehead atoms. The molecule has 0 N–H and O–H groups in total. The molecule has 146 valence electrons. The van der Waals surface area contributed by atoms with Gasteiger partial charge in [0.15, 0.2) is 11.0 Å². The zero-order chi connectivity index (χ0) is 20.2. The van der Waals surface area contributed by atoms with E-state index in [-0.39, 0.29) is 5.76 Å². The average Bonchev–Trinajstić information content (AvgIpc) is 3.40. The number of carbonyl (C=O) groups excluding carboxylic acids is 1. The van der Waals surface area contributed by atoms with Crippen LogP contribution in [0.4, 0.5) is 0 Å². The number of hydrogen-bond donors (Lipinski definition) is 0. The SMILES string of the molecule is COC(=O)c1ccc(CSc2nnc(-c3ccccc3Cl)n2-c2ccccc2)o1. The molecule has 4 rings (SSSR count). The molecular weight excluding hydrogens is 410 g/mol. The molecule has 0 saturated heterocycles. The molecule has 6 nitrogen and oxygen atoms in total. The molecule has 0 aliphatic carbocycles. The van der Waals surface area contributed by atoms with Gasteiger partial charge in [0.05, 0.1) is 17.9 Å². The van der Waals surface area contributed by atoms with E-state index in [0.29, 0.717) is 27.5 Å². The summed E-state index contributed by atoms with van der Waals surface area (Å²) in [5.74, 6) is 1.43. The maximum absolute atomic E-state index is 11.6. The molecule has 0 fully saturated rings. The van der Waals surface area contributed by atoms with Crippen molar-refractivity contribution in [2.45, 2.75) is 10.9 Å². The first-order chi connectivity index (χ1) is 14.2. The van der Waals surface area contributed by atoms with E-state index < -0.39 is 5.97 Å². The van der Waals surface area contributed by atoms with Gasteiger partial charge in [-0.15, -0.1) is 10.2 Å². The van der Waals surface area contributed by atoms with E-state index in [1.807, 2.05) is 59.2 Å². The van der Waals surface area contributed by atoms with E-state index in [0.717, 1.165) is 11.3 Å². The van der Waals surface area contributed by atoms with Crippen LogP contribution in [0.5, 0.6) is 0 Å². The Kier molecular flexibility index (Phi) is 5.69. The van der Waals surface area contributed by atoms with E-state index in [1.54, 1.807) is 12.1 Å². The molecule has 2 heterocycles. The number of furan rings is 1. The number of methoxy groups -OCH3 is 1. The molecule has 29 heavy (non-hydrogen) atoms. The fourth-order valence-corrected chi connectivity index (χ4v) is 3.86. The smallest absolute Gasteiger partial charge is 0.373 e. The van der Waals surface area contributed by atoms with Crippen LogP contribution >= 0.6 is 23.4 Å². The molecule has 0 aliphatic heterocycles. The number of esters is 1. The third-order valence-electron chi connectivity index (χ3n) is 4.15. The predicted octanol–water partition coefficient (Wildman–Crippen LogP) is 5.26. The Hall–Kier alpha value is -3.03. The minimum absolute atomic E-state index is 0.171. The largest absolute Gasteiger partial charge is 0.463 e. The maximum atomic E-state index is 11.6. The van der Waals surface area contributed by atoms with Crippen LogP contribution in [0.2, 0.25) is 5.02 Å². The van der Waals surface area contributed by atoms with Gasteiger partial charge in [-0.1, -0.05) is 53.7 Å². The second kappa shape index (κ2) is 8.55. The van der Waals surface area contributed by atoms with E-state index >= 15 is 0 Å². The summed E-state index contributed by atoms with van der Waals surface area (Å²) in [5, 5.41) is 10.0. The summed E-state index contributed by atoms with van der Waals surface area (Å²) in [6.07, 6.45) is 0. The predicted molar refractivity (Wildman–Crippen MR) is 111 cm³/mol. The molecule has 2 aromatic carbocycles. The van der Waals surface area contributed by atoms with Crippen LogP contribution in [0.15, 0.2) is 76.3 Å². The van der Waals surface area contributed by atoms with E-state index in [9.17, 15) is 4.79 Å². The maximum Gasteiger partial charge on any atom is 0.373 e. The Morgan fingerprint density at radius 1 is 1.07 bits per heavy atom. The molecule has 8 heteroatoms. The van der Waals surface area contributed by atoms with Crippen LogP contribution in [0.25, 0.3) is 17.1 Å². The van der Waals surface area contributed by atoms with Crippen molar-refractivity contribution in [3.8, 4) is 17.1 Å². The second-order valence-corrected chi connectivity index (χ2v) is 7.35.